The standard InChI is InChI=1S/C26H27ClN6S.C26H25F3N6.C25H26ClN7S/c1-16-14-20(32-11-7-26(8-12-32)15-17-4-2-3-5-18(17)23(26)28)33-13-10-31-25(33)22(16)34-19-6-9-30-24(29)21(19)27;1-16-20(19-7-4-10-31-22(19)26(27,28)29)23-32-11-14-35(23)24(33-16)34-12-8-25(9-13-34)15-17-5-2-3-6-18(17)21(25)30;1-15-12-19(32-10-7-25(8-11-32)13-16-4-2-3-5-17(16)22(25)27)33-14-30-31-24(33)21(15)34-18-6-9-29-23(28)20(18)26/h2-6,9-10,13-14,23H,7-8,11-12,15,28H2,1H3,(H2,29,30);2-7,10-11,14,21H,8-9,12-13,15,30H2,1H3;2-6,9,12,14,22H,7-8,10-11,13,27H2,1H3,(H2,28,29)/t23-;21-;22-/m111/s1. The molecule has 10 N–H and O–H groups in total. The molecule has 0 bridgehead atoms. The third-order valence-electron chi connectivity index (χ3n) is 22.7. The van der Waals surface area contributed by atoms with Gasteiger partial charge in [-0.1, -0.05) is 126 Å². The molecular formula is C77H78Cl2F3N19S2. The Bertz CT molecular complexity index is 5020. The Balaban J connectivity index is 0.000000119. The number of nitrogens with zero attached hydrogens (tertiary/aromatic N) is 14. The Morgan fingerprint density at radius 1 is 0.495 bits per heavy atom. The summed E-state index contributed by atoms with van der Waals surface area (Å²) in [6, 6.07) is 37.2. The van der Waals surface area contributed by atoms with Crippen LogP contribution in [0.1, 0.15) is 113 Å². The van der Waals surface area contributed by atoms with Gasteiger partial charge in [-0.2, -0.15) is 13.2 Å². The van der Waals surface area contributed by atoms with Gasteiger partial charge in [0.2, 0.25) is 5.95 Å². The fraction of sp³-hybridized carbons (Fsp3) is 0.325. The lowest BCUT2D eigenvalue weighted by Gasteiger charge is -2.43. The van der Waals surface area contributed by atoms with Gasteiger partial charge in [0.1, 0.15) is 35.2 Å². The van der Waals surface area contributed by atoms with Gasteiger partial charge in [0.15, 0.2) is 17.0 Å². The lowest BCUT2D eigenvalue weighted by molar-refractivity contribution is -0.140. The third kappa shape index (κ3) is 12.1. The highest BCUT2D eigenvalue weighted by Gasteiger charge is 2.49. The molecule has 18 rings (SSSR count). The first-order valence-electron chi connectivity index (χ1n) is 34.8. The Morgan fingerprint density at radius 3 is 1.43 bits per heavy atom. The smallest absolute Gasteiger partial charge is 0.382 e. The molecule has 9 aromatic heterocycles. The maximum absolute atomic E-state index is 13.7. The van der Waals surface area contributed by atoms with E-state index in [4.69, 9.17) is 61.8 Å². The monoisotopic (exact) mass is 1460 g/mol. The van der Waals surface area contributed by atoms with Gasteiger partial charge in [-0.3, -0.25) is 18.2 Å². The predicted octanol–water partition coefficient (Wildman–Crippen LogP) is 14.9. The predicted molar refractivity (Wildman–Crippen MR) is 402 cm³/mol. The van der Waals surface area contributed by atoms with E-state index >= 15 is 0 Å². The summed E-state index contributed by atoms with van der Waals surface area (Å²) in [5.41, 5.74) is 44.9. The molecular weight excluding hydrogens is 1380 g/mol. The van der Waals surface area contributed by atoms with Crippen molar-refractivity contribution < 1.29 is 13.2 Å². The van der Waals surface area contributed by atoms with Gasteiger partial charge in [0, 0.05) is 122 Å². The number of nitrogen functional groups attached to an aromatic ring is 2. The Hall–Kier alpha value is -9.01. The molecule has 0 unspecified atom stereocenters. The summed E-state index contributed by atoms with van der Waals surface area (Å²) in [6.07, 6.45) is 18.2. The van der Waals surface area contributed by atoms with Crippen LogP contribution in [0.3, 0.4) is 0 Å². The number of alkyl halides is 3. The van der Waals surface area contributed by atoms with Crippen LogP contribution in [0.5, 0.6) is 0 Å². The average molecular weight is 1460 g/mol. The molecule has 3 fully saturated rings. The summed E-state index contributed by atoms with van der Waals surface area (Å²) in [5, 5.41) is 9.63. The first kappa shape index (κ1) is 68.4. The van der Waals surface area contributed by atoms with Crippen LogP contribution < -0.4 is 43.4 Å². The van der Waals surface area contributed by atoms with E-state index in [1.807, 2.05) is 30.6 Å². The number of fused-ring (bicyclic) bond motifs is 6. The summed E-state index contributed by atoms with van der Waals surface area (Å²) in [4.78, 5) is 36.6. The van der Waals surface area contributed by atoms with Crippen molar-refractivity contribution in [3.05, 3.63) is 225 Å². The lowest BCUT2D eigenvalue weighted by atomic mass is 9.73. The lowest BCUT2D eigenvalue weighted by Crippen LogP contribution is -2.45. The highest BCUT2D eigenvalue weighted by atomic mass is 35.5. The van der Waals surface area contributed by atoms with Crippen molar-refractivity contribution in [1.29, 1.82) is 0 Å². The van der Waals surface area contributed by atoms with E-state index < -0.39 is 11.9 Å². The Labute approximate surface area is 612 Å². The molecule has 19 nitrogen and oxygen atoms in total. The highest BCUT2D eigenvalue weighted by molar-refractivity contribution is 8.00. The van der Waals surface area contributed by atoms with Gasteiger partial charge >= 0.3 is 6.18 Å². The van der Waals surface area contributed by atoms with E-state index in [2.05, 4.69) is 146 Å². The fourth-order valence-electron chi connectivity index (χ4n) is 17.1. The van der Waals surface area contributed by atoms with E-state index in [1.54, 1.807) is 66.0 Å². The SMILES string of the molecule is Cc1cc(N2CCC3(CC2)Cc2ccccc2[C@H]3N)n2ccnc2c1Sc1ccnc(N)c1Cl.Cc1cc(N2CCC3(CC2)Cc2ccccc2[C@H]3N)n2cnnc2c1Sc1ccnc(N)c1Cl.Cc1nc(N2CCC3(CC2)Cc2ccccc2[C@H]3N)n2ccnc2c1-c1cccnc1C(F)(F)F. The Morgan fingerprint density at radius 2 is 0.942 bits per heavy atom. The number of piperidine rings is 3. The van der Waals surface area contributed by atoms with Crippen LogP contribution in [0.4, 0.5) is 42.4 Å². The fourth-order valence-corrected chi connectivity index (χ4v) is 19.6. The maximum Gasteiger partial charge on any atom is 0.433 e. The number of hydrogen-bond donors (Lipinski definition) is 5. The second kappa shape index (κ2) is 26.9. The topological polar surface area (TPSA) is 256 Å². The maximum atomic E-state index is 13.7. The van der Waals surface area contributed by atoms with Crippen molar-refractivity contribution in [2.45, 2.75) is 122 Å². The molecule has 3 saturated heterocycles. The number of imidazole rings is 2. The molecule has 3 atom stereocenters. The largest absolute Gasteiger partial charge is 0.433 e. The van der Waals surface area contributed by atoms with Crippen molar-refractivity contribution in [3.63, 3.8) is 0 Å². The molecule has 6 aliphatic rings. The first-order chi connectivity index (χ1) is 49.7. The summed E-state index contributed by atoms with van der Waals surface area (Å²) in [5.74, 6) is 3.65. The normalized spacial score (nSPS) is 19.3. The van der Waals surface area contributed by atoms with Crippen LogP contribution in [0.25, 0.3) is 28.1 Å². The van der Waals surface area contributed by atoms with Crippen LogP contribution in [0.15, 0.2) is 178 Å². The molecule has 3 spiro atoms. The van der Waals surface area contributed by atoms with Crippen LogP contribution in [0, 0.1) is 37.0 Å². The number of nitrogens with two attached hydrogens (primary N) is 5. The highest BCUT2D eigenvalue weighted by Crippen LogP contribution is 2.55. The van der Waals surface area contributed by atoms with E-state index in [-0.39, 0.29) is 39.9 Å². The van der Waals surface area contributed by atoms with Crippen molar-refractivity contribution in [2.24, 2.45) is 33.4 Å². The molecule has 528 valence electrons. The van der Waals surface area contributed by atoms with E-state index in [0.29, 0.717) is 44.5 Å². The van der Waals surface area contributed by atoms with Crippen molar-refractivity contribution in [3.8, 4) is 11.1 Å². The average Bonchev–Trinajstić information content (AvgIpc) is 1.67. The molecule has 0 amide bonds. The van der Waals surface area contributed by atoms with Crippen LogP contribution in [0.2, 0.25) is 10.0 Å². The number of aryl methyl sites for hydroxylation is 3. The van der Waals surface area contributed by atoms with Gasteiger partial charge in [-0.05, 0) is 170 Å². The van der Waals surface area contributed by atoms with Gasteiger partial charge in [0.05, 0.1) is 25.5 Å². The summed E-state index contributed by atoms with van der Waals surface area (Å²) in [6.45, 7) is 11.4. The molecule has 103 heavy (non-hydrogen) atoms. The summed E-state index contributed by atoms with van der Waals surface area (Å²) in [7, 11) is 0. The van der Waals surface area contributed by atoms with Crippen LogP contribution in [-0.4, -0.2) is 92.6 Å². The van der Waals surface area contributed by atoms with Crippen molar-refractivity contribution in [1.82, 2.24) is 53.3 Å². The zero-order chi connectivity index (χ0) is 71.3. The molecule has 0 radical (unpaired) electrons. The van der Waals surface area contributed by atoms with Crippen LogP contribution >= 0.6 is 46.7 Å². The summed E-state index contributed by atoms with van der Waals surface area (Å²) >= 11 is 16.0. The Kier molecular flexibility index (Phi) is 17.9. The van der Waals surface area contributed by atoms with E-state index in [0.717, 1.165) is 151 Å². The minimum absolute atomic E-state index is 0.0116. The molecule has 12 aromatic rings. The molecule has 0 saturated carbocycles. The molecule has 3 aliphatic heterocycles. The number of benzene rings is 3. The zero-order valence-electron chi connectivity index (χ0n) is 57.2. The van der Waals surface area contributed by atoms with Crippen LogP contribution in [-0.2, 0) is 25.4 Å². The molecule has 3 aromatic carbocycles. The third-order valence-corrected chi connectivity index (χ3v) is 26.3. The molecule has 26 heteroatoms. The van der Waals surface area contributed by atoms with Gasteiger partial charge in [-0.25, -0.2) is 24.9 Å². The van der Waals surface area contributed by atoms with Gasteiger partial charge < -0.3 is 43.4 Å². The second-order valence-corrected chi connectivity index (χ2v) is 31.3. The van der Waals surface area contributed by atoms with Crippen molar-refractivity contribution >= 4 is 92.9 Å². The number of aromatic nitrogens is 11. The minimum Gasteiger partial charge on any atom is -0.382 e. The van der Waals surface area contributed by atoms with E-state index in [9.17, 15) is 13.2 Å². The number of halogens is 5. The summed E-state index contributed by atoms with van der Waals surface area (Å²) < 4.78 is 47.2. The number of rotatable bonds is 8. The molecule has 3 aliphatic carbocycles. The van der Waals surface area contributed by atoms with E-state index in [1.165, 1.54) is 51.3 Å². The quantitative estimate of drug-likeness (QED) is 0.0947. The first-order valence-corrected chi connectivity index (χ1v) is 37.2. The molecule has 12 heterocycles. The zero-order valence-corrected chi connectivity index (χ0v) is 60.3. The minimum atomic E-state index is -4.58. The van der Waals surface area contributed by atoms with Gasteiger partial charge in [-0.15, -0.1) is 10.2 Å². The van der Waals surface area contributed by atoms with Crippen molar-refractivity contribution in [2.75, 3.05) is 65.4 Å². The number of hydrogen-bond acceptors (Lipinski definition) is 18. The van der Waals surface area contributed by atoms with Gasteiger partial charge in [0.25, 0.3) is 0 Å². The number of anilines is 5. The second-order valence-electron chi connectivity index (χ2n) is 28.4. The number of pyridine rings is 5.